The van der Waals surface area contributed by atoms with E-state index >= 15 is 0 Å². The third-order valence-corrected chi connectivity index (χ3v) is 3.08. The molecule has 3 rings (SSSR count). The summed E-state index contributed by atoms with van der Waals surface area (Å²) in [7, 11) is 0. The van der Waals surface area contributed by atoms with Crippen molar-refractivity contribution in [3.63, 3.8) is 0 Å². The fourth-order valence-corrected chi connectivity index (χ4v) is 2.18. The van der Waals surface area contributed by atoms with Crippen LogP contribution in [0.1, 0.15) is 24.4 Å². The van der Waals surface area contributed by atoms with Crippen LogP contribution in [-0.4, -0.2) is 14.9 Å². The molecule has 1 aliphatic rings. The standard InChI is InChI=1S/C13H14N2O/c16-12-8-14-15(9-12)13(11-6-7-11)10-4-2-1-3-5-10/h1-5,8-9,11,13,16H,6-7H2. The van der Waals surface area contributed by atoms with E-state index in [4.69, 9.17) is 0 Å². The van der Waals surface area contributed by atoms with Gasteiger partial charge in [-0.2, -0.15) is 5.10 Å². The van der Waals surface area contributed by atoms with Gasteiger partial charge in [-0.05, 0) is 24.3 Å². The van der Waals surface area contributed by atoms with Gasteiger partial charge in [0, 0.05) is 0 Å². The molecule has 0 radical (unpaired) electrons. The zero-order chi connectivity index (χ0) is 11.0. The topological polar surface area (TPSA) is 38.1 Å². The first kappa shape index (κ1) is 9.46. The fourth-order valence-electron chi connectivity index (χ4n) is 2.18. The highest BCUT2D eigenvalue weighted by Crippen LogP contribution is 2.43. The molecule has 1 N–H and O–H groups in total. The van der Waals surface area contributed by atoms with Gasteiger partial charge in [0.1, 0.15) is 0 Å². The Labute approximate surface area is 94.3 Å². The van der Waals surface area contributed by atoms with Crippen molar-refractivity contribution < 1.29 is 5.11 Å². The van der Waals surface area contributed by atoms with Crippen molar-refractivity contribution >= 4 is 0 Å². The van der Waals surface area contributed by atoms with Gasteiger partial charge in [0.25, 0.3) is 0 Å². The molecule has 0 amide bonds. The summed E-state index contributed by atoms with van der Waals surface area (Å²) < 4.78 is 1.88. The number of hydrogen-bond acceptors (Lipinski definition) is 2. The number of aromatic nitrogens is 2. The number of rotatable bonds is 3. The molecule has 1 aromatic heterocycles. The lowest BCUT2D eigenvalue weighted by atomic mass is 10.0. The van der Waals surface area contributed by atoms with Crippen molar-refractivity contribution in [2.75, 3.05) is 0 Å². The van der Waals surface area contributed by atoms with Gasteiger partial charge in [0.2, 0.25) is 0 Å². The van der Waals surface area contributed by atoms with Crippen molar-refractivity contribution in [2.24, 2.45) is 5.92 Å². The number of nitrogens with zero attached hydrogens (tertiary/aromatic N) is 2. The summed E-state index contributed by atoms with van der Waals surface area (Å²) in [5.74, 6) is 0.906. The summed E-state index contributed by atoms with van der Waals surface area (Å²) in [4.78, 5) is 0. The average Bonchev–Trinajstić information content (AvgIpc) is 3.04. The first-order valence-corrected chi connectivity index (χ1v) is 5.62. The zero-order valence-electron chi connectivity index (χ0n) is 8.95. The Bertz CT molecular complexity index is 474. The van der Waals surface area contributed by atoms with Crippen LogP contribution in [0.3, 0.4) is 0 Å². The third kappa shape index (κ3) is 1.69. The first-order chi connectivity index (χ1) is 7.84. The van der Waals surface area contributed by atoms with E-state index in [2.05, 4.69) is 17.2 Å². The second-order valence-electron chi connectivity index (χ2n) is 4.37. The van der Waals surface area contributed by atoms with Crippen molar-refractivity contribution in [3.8, 4) is 5.75 Å². The molecule has 0 spiro atoms. The minimum Gasteiger partial charge on any atom is -0.505 e. The van der Waals surface area contributed by atoms with E-state index in [9.17, 15) is 5.11 Å². The molecule has 1 unspecified atom stereocenters. The quantitative estimate of drug-likeness (QED) is 0.852. The predicted octanol–water partition coefficient (Wildman–Crippen LogP) is 2.59. The molecular weight excluding hydrogens is 200 g/mol. The van der Waals surface area contributed by atoms with Gasteiger partial charge in [0.05, 0.1) is 18.4 Å². The molecule has 1 heterocycles. The van der Waals surface area contributed by atoms with Crippen molar-refractivity contribution in [2.45, 2.75) is 18.9 Å². The van der Waals surface area contributed by atoms with Crippen LogP contribution in [0, 0.1) is 5.92 Å². The minimum absolute atomic E-state index is 0.238. The molecule has 82 valence electrons. The Morgan fingerprint density at radius 2 is 2.00 bits per heavy atom. The Morgan fingerprint density at radius 3 is 2.56 bits per heavy atom. The van der Waals surface area contributed by atoms with E-state index in [0.717, 1.165) is 0 Å². The van der Waals surface area contributed by atoms with Gasteiger partial charge in [-0.3, -0.25) is 4.68 Å². The summed E-state index contributed by atoms with van der Waals surface area (Å²) in [5.41, 5.74) is 1.27. The lowest BCUT2D eigenvalue weighted by molar-refractivity contribution is 0.455. The molecule has 16 heavy (non-hydrogen) atoms. The van der Waals surface area contributed by atoms with Crippen molar-refractivity contribution in [3.05, 3.63) is 48.3 Å². The number of aromatic hydroxyl groups is 1. The molecule has 3 heteroatoms. The van der Waals surface area contributed by atoms with Gasteiger partial charge >= 0.3 is 0 Å². The highest BCUT2D eigenvalue weighted by Gasteiger charge is 2.34. The van der Waals surface area contributed by atoms with Gasteiger partial charge in [-0.15, -0.1) is 0 Å². The van der Waals surface area contributed by atoms with E-state index in [1.54, 1.807) is 6.20 Å². The summed E-state index contributed by atoms with van der Waals surface area (Å²) in [6, 6.07) is 10.7. The smallest absolute Gasteiger partial charge is 0.153 e. The summed E-state index contributed by atoms with van der Waals surface area (Å²) in [5, 5.41) is 13.6. The van der Waals surface area contributed by atoms with Crippen molar-refractivity contribution in [1.82, 2.24) is 9.78 Å². The van der Waals surface area contributed by atoms with E-state index in [-0.39, 0.29) is 11.8 Å². The van der Waals surface area contributed by atoms with Crippen LogP contribution in [-0.2, 0) is 0 Å². The number of benzene rings is 1. The second-order valence-corrected chi connectivity index (χ2v) is 4.37. The van der Waals surface area contributed by atoms with Crippen LogP contribution in [0.4, 0.5) is 0 Å². The lowest BCUT2D eigenvalue weighted by Gasteiger charge is -2.17. The van der Waals surface area contributed by atoms with Gasteiger partial charge in [0.15, 0.2) is 5.75 Å². The van der Waals surface area contributed by atoms with E-state index in [1.165, 1.54) is 24.6 Å². The molecular formula is C13H14N2O. The third-order valence-electron chi connectivity index (χ3n) is 3.08. The molecule has 2 aromatic rings. The van der Waals surface area contributed by atoms with Crippen LogP contribution in [0.5, 0.6) is 5.75 Å². The Kier molecular flexibility index (Phi) is 2.17. The van der Waals surface area contributed by atoms with E-state index in [1.807, 2.05) is 22.9 Å². The highest BCUT2D eigenvalue weighted by atomic mass is 16.3. The second kappa shape index (κ2) is 3.67. The molecule has 1 aliphatic carbocycles. The van der Waals surface area contributed by atoms with Crippen LogP contribution in [0.2, 0.25) is 0 Å². The van der Waals surface area contributed by atoms with Gasteiger partial charge in [-0.1, -0.05) is 30.3 Å². The Morgan fingerprint density at radius 1 is 1.25 bits per heavy atom. The molecule has 1 aromatic carbocycles. The summed E-state index contributed by atoms with van der Waals surface area (Å²) in [6.07, 6.45) is 5.70. The average molecular weight is 214 g/mol. The monoisotopic (exact) mass is 214 g/mol. The van der Waals surface area contributed by atoms with Crippen LogP contribution in [0.25, 0.3) is 0 Å². The molecule has 0 bridgehead atoms. The molecule has 1 saturated carbocycles. The SMILES string of the molecule is Oc1cnn(C(c2ccccc2)C2CC2)c1. The van der Waals surface area contributed by atoms with E-state index < -0.39 is 0 Å². The molecule has 3 nitrogen and oxygen atoms in total. The van der Waals surface area contributed by atoms with Crippen LogP contribution in [0.15, 0.2) is 42.7 Å². The first-order valence-electron chi connectivity index (χ1n) is 5.62. The normalized spacial score (nSPS) is 17.2. The van der Waals surface area contributed by atoms with Crippen molar-refractivity contribution in [1.29, 1.82) is 0 Å². The van der Waals surface area contributed by atoms with Gasteiger partial charge in [-0.25, -0.2) is 0 Å². The summed E-state index contributed by atoms with van der Waals surface area (Å²) in [6.45, 7) is 0. The van der Waals surface area contributed by atoms with Gasteiger partial charge < -0.3 is 5.11 Å². The van der Waals surface area contributed by atoms with Crippen LogP contribution < -0.4 is 0 Å². The maximum absolute atomic E-state index is 9.37. The Balaban J connectivity index is 1.98. The molecule has 0 saturated heterocycles. The lowest BCUT2D eigenvalue weighted by Crippen LogP contribution is -2.13. The molecule has 1 atom stereocenters. The van der Waals surface area contributed by atoms with E-state index in [0.29, 0.717) is 5.92 Å². The zero-order valence-corrected chi connectivity index (χ0v) is 8.95. The van der Waals surface area contributed by atoms with Crippen LogP contribution >= 0.6 is 0 Å². The minimum atomic E-state index is 0.238. The Hall–Kier alpha value is -1.77. The summed E-state index contributed by atoms with van der Waals surface area (Å²) >= 11 is 0. The molecule has 0 aliphatic heterocycles. The largest absolute Gasteiger partial charge is 0.505 e. The number of hydrogen-bond donors (Lipinski definition) is 1. The highest BCUT2D eigenvalue weighted by molar-refractivity contribution is 5.23. The predicted molar refractivity (Wildman–Crippen MR) is 61.2 cm³/mol. The maximum Gasteiger partial charge on any atom is 0.153 e. The fraction of sp³-hybridized carbons (Fsp3) is 0.308. The molecule has 1 fully saturated rings. The maximum atomic E-state index is 9.37.